The molecule has 0 saturated carbocycles. The molecule has 6 rings (SSSR count). The molecule has 0 aromatic heterocycles. The Hall–Kier alpha value is -3.40. The lowest BCUT2D eigenvalue weighted by molar-refractivity contribution is -0.504. The van der Waals surface area contributed by atoms with E-state index in [-0.39, 0.29) is 22.5 Å². The van der Waals surface area contributed by atoms with Crippen molar-refractivity contribution in [3.63, 3.8) is 0 Å². The Morgan fingerprint density at radius 3 is 2.36 bits per heavy atom. The molecule has 2 heterocycles. The van der Waals surface area contributed by atoms with Crippen molar-refractivity contribution in [2.75, 3.05) is 30.9 Å². The monoisotopic (exact) mass is 536 g/mol. The van der Waals surface area contributed by atoms with Crippen molar-refractivity contribution in [3.05, 3.63) is 93.6 Å². The normalized spacial score (nSPS) is 36.7. The van der Waals surface area contributed by atoms with E-state index in [1.165, 1.54) is 42.5 Å². The van der Waals surface area contributed by atoms with Crippen molar-refractivity contribution >= 4 is 22.9 Å². The Kier molecular flexibility index (Phi) is 3.19. The summed E-state index contributed by atoms with van der Waals surface area (Å²) in [4.78, 5) is 13.1. The molecule has 4 aliphatic rings. The van der Waals surface area contributed by atoms with Gasteiger partial charge in [-0.25, -0.2) is 4.58 Å². The standard InChI is InChI=1S/C35H40N2O2/c1-34(2,3)23-10-13-26(33(38)39)29(20-23)32-27-14-11-24(36-16-6-7-17-36)21-30(27)35(4,5)31-22-25(12-15-28(31)32)37-18-8-9-19-37/h10-15,20-22H,6-9,16-19H2,1-5H3/i6D2,7D2,8D2,9D2,16D2,17D2,18D2,19D2. The summed E-state index contributed by atoms with van der Waals surface area (Å²) < 4.78 is 136. The van der Waals surface area contributed by atoms with Crippen LogP contribution in [0.1, 0.15) is 115 Å². The molecule has 0 radical (unpaired) electrons. The number of carbonyl (C=O) groups excluding carboxylic acids is 1. The van der Waals surface area contributed by atoms with E-state index in [1.54, 1.807) is 26.0 Å². The lowest BCUT2D eigenvalue weighted by Crippen LogP contribution is -2.32. The number of anilines is 1. The molecule has 39 heavy (non-hydrogen) atoms. The Balaban J connectivity index is 1.74. The van der Waals surface area contributed by atoms with Gasteiger partial charge in [0.15, 0.2) is 5.71 Å². The summed E-state index contributed by atoms with van der Waals surface area (Å²) in [5.41, 5.74) is 0.116. The highest BCUT2D eigenvalue weighted by Crippen LogP contribution is 2.51. The van der Waals surface area contributed by atoms with Gasteiger partial charge in [0.2, 0.25) is 0 Å². The maximum absolute atomic E-state index is 12.7. The first kappa shape index (κ1) is 13.3. The first-order valence-electron chi connectivity index (χ1n) is 20.7. The molecule has 0 amide bonds. The van der Waals surface area contributed by atoms with Crippen molar-refractivity contribution < 1.29 is 36.4 Å². The summed E-state index contributed by atoms with van der Waals surface area (Å²) in [6, 6.07) is 8.86. The number of hydrogen-bond donors (Lipinski definition) is 0. The van der Waals surface area contributed by atoms with Crippen LogP contribution in [0.4, 0.5) is 5.69 Å². The lowest BCUT2D eigenvalue weighted by atomic mass is 9.64. The largest absolute Gasteiger partial charge is 0.545 e. The predicted molar refractivity (Wildman–Crippen MR) is 158 cm³/mol. The van der Waals surface area contributed by atoms with E-state index in [0.29, 0.717) is 37.3 Å². The number of hydrogen-bond acceptors (Lipinski definition) is 3. The van der Waals surface area contributed by atoms with Crippen LogP contribution in [0.25, 0.3) is 5.57 Å². The van der Waals surface area contributed by atoms with Gasteiger partial charge in [-0.05, 0) is 81.4 Å². The molecule has 0 N–H and O–H groups in total. The highest BCUT2D eigenvalue weighted by atomic mass is 16.4. The number of carboxylic acids is 1. The van der Waals surface area contributed by atoms with Crippen LogP contribution in [0.15, 0.2) is 65.8 Å². The van der Waals surface area contributed by atoms with Crippen LogP contribution >= 0.6 is 0 Å². The minimum atomic E-state index is -3.34. The van der Waals surface area contributed by atoms with Gasteiger partial charge < -0.3 is 14.8 Å². The van der Waals surface area contributed by atoms with Crippen molar-refractivity contribution in [1.82, 2.24) is 0 Å². The van der Waals surface area contributed by atoms with Gasteiger partial charge in [0.05, 0.1) is 5.97 Å². The fourth-order valence-corrected chi connectivity index (χ4v) is 5.44. The zero-order chi connectivity index (χ0) is 41.9. The fraction of sp³-hybridized carbons (Fsp3) is 0.429. The second-order valence-corrected chi connectivity index (χ2v) is 11.4. The van der Waals surface area contributed by atoms with Crippen LogP contribution in [0, 0.1) is 0 Å². The second-order valence-electron chi connectivity index (χ2n) is 11.4. The molecule has 0 atom stereocenters. The van der Waals surface area contributed by atoms with Crippen LogP contribution in [-0.2, 0) is 10.8 Å². The van der Waals surface area contributed by atoms with E-state index in [2.05, 4.69) is 0 Å². The Morgan fingerprint density at radius 1 is 0.974 bits per heavy atom. The third kappa shape index (κ3) is 4.38. The Morgan fingerprint density at radius 2 is 1.69 bits per heavy atom. The van der Waals surface area contributed by atoms with Crippen molar-refractivity contribution in [1.29, 1.82) is 0 Å². The minimum Gasteiger partial charge on any atom is -0.545 e. The summed E-state index contributed by atoms with van der Waals surface area (Å²) in [5, 5.41) is 12.7. The van der Waals surface area contributed by atoms with E-state index in [4.69, 9.17) is 21.9 Å². The summed E-state index contributed by atoms with van der Waals surface area (Å²) in [5.74, 6) is -1.52. The minimum absolute atomic E-state index is 0.185. The van der Waals surface area contributed by atoms with Crippen LogP contribution in [0.2, 0.25) is 0 Å². The van der Waals surface area contributed by atoms with Gasteiger partial charge in [0.1, 0.15) is 18.5 Å². The quantitative estimate of drug-likeness (QED) is 0.467. The van der Waals surface area contributed by atoms with Gasteiger partial charge in [0, 0.05) is 71.0 Å². The van der Waals surface area contributed by atoms with Crippen LogP contribution in [-0.4, -0.2) is 42.2 Å². The van der Waals surface area contributed by atoms with E-state index in [9.17, 15) is 9.90 Å². The molecule has 2 aromatic carbocycles. The number of aromatic carboxylic acids is 1. The highest BCUT2D eigenvalue weighted by molar-refractivity contribution is 6.08. The van der Waals surface area contributed by atoms with Gasteiger partial charge in [-0.1, -0.05) is 52.8 Å². The number of nitrogens with zero attached hydrogens (tertiary/aromatic N) is 2. The van der Waals surface area contributed by atoms with Crippen LogP contribution in [0.3, 0.4) is 0 Å². The van der Waals surface area contributed by atoms with Crippen LogP contribution in [0.5, 0.6) is 0 Å². The summed E-state index contributed by atoms with van der Waals surface area (Å²) >= 11 is 0. The maximum atomic E-state index is 12.7. The van der Waals surface area contributed by atoms with E-state index in [0.717, 1.165) is 5.56 Å². The highest BCUT2D eigenvalue weighted by Gasteiger charge is 2.40. The SMILES string of the molecule is [2H]C1([2H])N(c2ccc3c(c2)C(C)(C)C2=CC(=[N+]4C([2H])([2H])C([2H])([2H])C([2H])([2H])C4([2H])[2H])C=CC2=C3c2cc(C(C)(C)C)ccc2C(=O)[O-])C([2H])([2H])C([2H])([2H])C1([2H])[2H]. The topological polar surface area (TPSA) is 46.4 Å². The number of carboxylic acid groups (broad SMARTS) is 1. The number of benzene rings is 2. The van der Waals surface area contributed by atoms with Crippen molar-refractivity contribution in [2.45, 2.75) is 70.9 Å². The average Bonchev–Trinajstić information content (AvgIpc) is 3.15. The smallest absolute Gasteiger partial charge is 0.200 e. The predicted octanol–water partition coefficient (Wildman–Crippen LogP) is 5.78. The van der Waals surface area contributed by atoms with Gasteiger partial charge in [0.25, 0.3) is 0 Å². The molecule has 2 aliphatic carbocycles. The maximum Gasteiger partial charge on any atom is 0.200 e. The second kappa shape index (κ2) is 9.36. The van der Waals surface area contributed by atoms with E-state index >= 15 is 0 Å². The van der Waals surface area contributed by atoms with Gasteiger partial charge in [-0.15, -0.1) is 0 Å². The van der Waals surface area contributed by atoms with Crippen molar-refractivity contribution in [3.8, 4) is 0 Å². The fourth-order valence-electron chi connectivity index (χ4n) is 5.44. The molecule has 2 fully saturated rings. The van der Waals surface area contributed by atoms with E-state index < -0.39 is 68.3 Å². The van der Waals surface area contributed by atoms with Crippen LogP contribution < -0.4 is 10.0 Å². The molecule has 4 heteroatoms. The zero-order valence-electron chi connectivity index (χ0n) is 38.4. The molecule has 2 aliphatic heterocycles. The molecule has 2 aromatic rings. The molecule has 2 saturated heterocycles. The molecular weight excluding hydrogens is 480 g/mol. The molecule has 202 valence electrons. The third-order valence-electron chi connectivity index (χ3n) is 7.58. The number of rotatable bonds is 3. The Labute approximate surface area is 255 Å². The first-order valence-corrected chi connectivity index (χ1v) is 12.7. The average molecular weight is 537 g/mol. The molecule has 0 spiro atoms. The first-order chi connectivity index (χ1) is 24.6. The Bertz CT molecular complexity index is 2130. The number of fused-ring (bicyclic) bond motifs is 2. The van der Waals surface area contributed by atoms with Crippen molar-refractivity contribution in [2.24, 2.45) is 0 Å². The molecular formula is C35H40N2O2. The lowest BCUT2D eigenvalue weighted by Gasteiger charge is -2.40. The third-order valence-corrected chi connectivity index (χ3v) is 7.58. The van der Waals surface area contributed by atoms with Gasteiger partial charge in [-0.3, -0.25) is 0 Å². The van der Waals surface area contributed by atoms with Gasteiger partial charge in [-0.2, -0.15) is 0 Å². The van der Waals surface area contributed by atoms with Gasteiger partial charge >= 0.3 is 0 Å². The summed E-state index contributed by atoms with van der Waals surface area (Å²) in [7, 11) is 0. The molecule has 4 nitrogen and oxygen atoms in total. The van der Waals surface area contributed by atoms with E-state index in [1.807, 2.05) is 20.8 Å². The number of allylic oxidation sites excluding steroid dienone is 5. The number of carbonyl (C=O) groups is 1. The zero-order valence-corrected chi connectivity index (χ0v) is 22.4. The summed E-state index contributed by atoms with van der Waals surface area (Å²) in [6.45, 7) is -3.75. The molecule has 0 unspecified atom stereocenters. The molecule has 0 bridgehead atoms. The summed E-state index contributed by atoms with van der Waals surface area (Å²) in [6.07, 6.45) is -9.22.